The van der Waals surface area contributed by atoms with Gasteiger partial charge in [-0.15, -0.1) is 0 Å². The molecule has 2 unspecified atom stereocenters. The maximum atomic E-state index is 13.6. The van der Waals surface area contributed by atoms with Crippen molar-refractivity contribution in [1.82, 2.24) is 4.90 Å². The first kappa shape index (κ1) is 22.5. The normalized spacial score (nSPS) is 33.7. The molecule has 32 heavy (non-hydrogen) atoms. The Labute approximate surface area is 187 Å². The van der Waals surface area contributed by atoms with E-state index in [2.05, 4.69) is 5.32 Å². The number of aliphatic hydroxyl groups excluding tert-OH is 1. The van der Waals surface area contributed by atoms with E-state index in [0.29, 0.717) is 24.3 Å². The van der Waals surface area contributed by atoms with Crippen LogP contribution in [-0.4, -0.2) is 71.4 Å². The molecule has 174 valence electrons. The van der Waals surface area contributed by atoms with E-state index in [1.807, 2.05) is 6.92 Å². The minimum Gasteiger partial charge on any atom is -0.497 e. The third-order valence-electron chi connectivity index (χ3n) is 7.10. The molecule has 1 spiro atoms. The molecule has 3 heterocycles. The summed E-state index contributed by atoms with van der Waals surface area (Å²) in [6, 6.07) is 5.26. The fourth-order valence-corrected chi connectivity index (χ4v) is 5.70. The SMILES string of the molecule is CCOC(=O)[C@H]1[C@H]2C(=O)N([C@H](C)CO)C(C(=O)Nc3ccc(OC)cc3)C23CC[C@]1(C)O3. The number of rotatable bonds is 7. The summed E-state index contributed by atoms with van der Waals surface area (Å²) < 4.78 is 16.9. The zero-order chi connectivity index (χ0) is 23.3. The molecule has 2 bridgehead atoms. The average Bonchev–Trinajstić information content (AvgIpc) is 3.34. The minimum absolute atomic E-state index is 0.192. The average molecular weight is 447 g/mol. The van der Waals surface area contributed by atoms with Crippen LogP contribution < -0.4 is 10.1 Å². The van der Waals surface area contributed by atoms with Crippen molar-refractivity contribution in [2.24, 2.45) is 11.8 Å². The van der Waals surface area contributed by atoms with Gasteiger partial charge < -0.3 is 29.5 Å². The number of benzene rings is 1. The van der Waals surface area contributed by atoms with Crippen molar-refractivity contribution in [2.75, 3.05) is 25.6 Å². The van der Waals surface area contributed by atoms with E-state index in [4.69, 9.17) is 14.2 Å². The van der Waals surface area contributed by atoms with Crippen molar-refractivity contribution in [2.45, 2.75) is 56.9 Å². The van der Waals surface area contributed by atoms with Crippen molar-refractivity contribution in [3.8, 4) is 5.75 Å². The summed E-state index contributed by atoms with van der Waals surface area (Å²) in [7, 11) is 1.56. The molecule has 3 saturated heterocycles. The van der Waals surface area contributed by atoms with E-state index < -0.39 is 47.0 Å². The highest BCUT2D eigenvalue weighted by molar-refractivity contribution is 6.03. The summed E-state index contributed by atoms with van der Waals surface area (Å²) in [6.07, 6.45) is 0.999. The van der Waals surface area contributed by atoms with Crippen LogP contribution in [0.5, 0.6) is 5.75 Å². The number of likely N-dealkylation sites (tertiary alicyclic amines) is 1. The second-order valence-electron chi connectivity index (χ2n) is 8.97. The molecule has 3 aliphatic rings. The van der Waals surface area contributed by atoms with Crippen molar-refractivity contribution in [1.29, 1.82) is 0 Å². The molecular formula is C23H30N2O7. The molecule has 0 saturated carbocycles. The number of nitrogens with zero attached hydrogens (tertiary/aromatic N) is 1. The molecule has 0 aliphatic carbocycles. The number of fused-ring (bicyclic) bond motifs is 1. The van der Waals surface area contributed by atoms with Crippen molar-refractivity contribution in [3.63, 3.8) is 0 Å². The fraction of sp³-hybridized carbons (Fsp3) is 0.609. The monoisotopic (exact) mass is 446 g/mol. The number of amides is 2. The Morgan fingerprint density at radius 2 is 2.00 bits per heavy atom. The van der Waals surface area contributed by atoms with Gasteiger partial charge >= 0.3 is 5.97 Å². The van der Waals surface area contributed by atoms with Gasteiger partial charge in [0.2, 0.25) is 11.8 Å². The Bertz CT molecular complexity index is 919. The van der Waals surface area contributed by atoms with Crippen LogP contribution in [0.15, 0.2) is 24.3 Å². The molecule has 2 amide bonds. The van der Waals surface area contributed by atoms with E-state index >= 15 is 0 Å². The van der Waals surface area contributed by atoms with Gasteiger partial charge in [-0.2, -0.15) is 0 Å². The van der Waals surface area contributed by atoms with Crippen LogP contribution in [0.1, 0.15) is 33.6 Å². The summed E-state index contributed by atoms with van der Waals surface area (Å²) in [6.45, 7) is 5.08. The van der Waals surface area contributed by atoms with Gasteiger partial charge in [-0.05, 0) is 57.9 Å². The standard InChI is InChI=1S/C23H30N2O7/c1-5-31-21(29)17-16-20(28)25(13(2)12-26)18(23(16)11-10-22(17,3)32-23)19(27)24-14-6-8-15(30-4)9-7-14/h6-9,13,16-18,26H,5,10-12H2,1-4H3,(H,24,27)/t13-,16+,17-,18?,22+,23?/m1/s1. The van der Waals surface area contributed by atoms with Crippen molar-refractivity contribution in [3.05, 3.63) is 24.3 Å². The first-order valence-corrected chi connectivity index (χ1v) is 11.0. The largest absolute Gasteiger partial charge is 0.497 e. The van der Waals surface area contributed by atoms with Crippen LogP contribution in [-0.2, 0) is 23.9 Å². The summed E-state index contributed by atoms with van der Waals surface area (Å²) >= 11 is 0. The van der Waals surface area contributed by atoms with Gasteiger partial charge in [0.15, 0.2) is 0 Å². The number of anilines is 1. The topological polar surface area (TPSA) is 114 Å². The number of ether oxygens (including phenoxy) is 3. The van der Waals surface area contributed by atoms with Crippen molar-refractivity contribution >= 4 is 23.5 Å². The Morgan fingerprint density at radius 3 is 2.59 bits per heavy atom. The minimum atomic E-state index is -1.15. The molecule has 9 nitrogen and oxygen atoms in total. The Morgan fingerprint density at radius 1 is 1.31 bits per heavy atom. The van der Waals surface area contributed by atoms with E-state index in [-0.39, 0.29) is 19.1 Å². The summed E-state index contributed by atoms with van der Waals surface area (Å²) in [4.78, 5) is 41.4. The third kappa shape index (κ3) is 3.17. The first-order chi connectivity index (χ1) is 15.2. The third-order valence-corrected chi connectivity index (χ3v) is 7.10. The predicted octanol–water partition coefficient (Wildman–Crippen LogP) is 1.34. The van der Waals surface area contributed by atoms with E-state index in [0.717, 1.165) is 0 Å². The quantitative estimate of drug-likeness (QED) is 0.608. The van der Waals surface area contributed by atoms with Crippen LogP contribution in [0.2, 0.25) is 0 Å². The van der Waals surface area contributed by atoms with Crippen LogP contribution in [0.4, 0.5) is 5.69 Å². The second-order valence-corrected chi connectivity index (χ2v) is 8.97. The number of hydrogen-bond acceptors (Lipinski definition) is 7. The molecule has 9 heteroatoms. The van der Waals surface area contributed by atoms with Crippen LogP contribution in [0, 0.1) is 11.8 Å². The highest BCUT2D eigenvalue weighted by Crippen LogP contribution is 2.63. The smallest absolute Gasteiger partial charge is 0.312 e. The number of nitrogens with one attached hydrogen (secondary N) is 1. The lowest BCUT2D eigenvalue weighted by Crippen LogP contribution is -2.55. The second kappa shape index (κ2) is 8.04. The molecule has 2 N–H and O–H groups in total. The molecular weight excluding hydrogens is 416 g/mol. The Hall–Kier alpha value is -2.65. The van der Waals surface area contributed by atoms with Crippen molar-refractivity contribution < 1.29 is 33.7 Å². The van der Waals surface area contributed by atoms with Crippen LogP contribution >= 0.6 is 0 Å². The number of hydrogen-bond donors (Lipinski definition) is 2. The summed E-state index contributed by atoms with van der Waals surface area (Å²) in [5, 5.41) is 12.7. The lowest BCUT2D eigenvalue weighted by atomic mass is 9.66. The number of carbonyl (C=O) groups excluding carboxylic acids is 3. The summed E-state index contributed by atoms with van der Waals surface area (Å²) in [5.74, 6) is -2.24. The van der Waals surface area contributed by atoms with Gasteiger partial charge in [-0.25, -0.2) is 0 Å². The molecule has 1 aromatic carbocycles. The van der Waals surface area contributed by atoms with Crippen LogP contribution in [0.3, 0.4) is 0 Å². The molecule has 3 aliphatic heterocycles. The summed E-state index contributed by atoms with van der Waals surface area (Å²) in [5.41, 5.74) is -1.48. The zero-order valence-corrected chi connectivity index (χ0v) is 18.8. The molecule has 0 aromatic heterocycles. The van der Waals surface area contributed by atoms with Gasteiger partial charge in [0.05, 0.1) is 37.9 Å². The number of aliphatic hydroxyl groups is 1. The van der Waals surface area contributed by atoms with Gasteiger partial charge in [-0.1, -0.05) is 0 Å². The van der Waals surface area contributed by atoms with Gasteiger partial charge in [0.1, 0.15) is 23.3 Å². The number of methoxy groups -OCH3 is 1. The lowest BCUT2D eigenvalue weighted by Gasteiger charge is -2.35. The molecule has 1 aromatic rings. The van der Waals surface area contributed by atoms with E-state index in [1.165, 1.54) is 4.90 Å². The molecule has 6 atom stereocenters. The molecule has 4 rings (SSSR count). The number of carbonyl (C=O) groups is 3. The van der Waals surface area contributed by atoms with E-state index in [9.17, 15) is 19.5 Å². The van der Waals surface area contributed by atoms with Gasteiger partial charge in [0, 0.05) is 5.69 Å². The highest BCUT2D eigenvalue weighted by Gasteiger charge is 2.78. The maximum Gasteiger partial charge on any atom is 0.312 e. The fourth-order valence-electron chi connectivity index (χ4n) is 5.70. The zero-order valence-electron chi connectivity index (χ0n) is 18.8. The first-order valence-electron chi connectivity index (χ1n) is 11.0. The van der Waals surface area contributed by atoms with Gasteiger partial charge in [-0.3, -0.25) is 14.4 Å². The number of esters is 1. The molecule has 3 fully saturated rings. The van der Waals surface area contributed by atoms with E-state index in [1.54, 1.807) is 45.2 Å². The Kier molecular flexibility index (Phi) is 5.67. The maximum absolute atomic E-state index is 13.6. The Balaban J connectivity index is 1.72. The van der Waals surface area contributed by atoms with Gasteiger partial charge in [0.25, 0.3) is 0 Å². The van der Waals surface area contributed by atoms with Crippen LogP contribution in [0.25, 0.3) is 0 Å². The molecule has 0 radical (unpaired) electrons. The predicted molar refractivity (Wildman–Crippen MR) is 114 cm³/mol. The highest BCUT2D eigenvalue weighted by atomic mass is 16.6. The lowest BCUT2D eigenvalue weighted by molar-refractivity contribution is -0.159.